The van der Waals surface area contributed by atoms with E-state index in [-0.39, 0.29) is 6.03 Å². The number of carbonyl (C=O) groups excluding carboxylic acids is 1. The van der Waals surface area contributed by atoms with Crippen LogP contribution in [-0.4, -0.2) is 20.1 Å². The number of amides is 2. The zero-order valence-electron chi connectivity index (χ0n) is 13.4. The van der Waals surface area contributed by atoms with Gasteiger partial charge in [0, 0.05) is 32.0 Å². The highest BCUT2D eigenvalue weighted by molar-refractivity contribution is 5.90. The minimum Gasteiger partial charge on any atom is -0.378 e. The highest BCUT2D eigenvalue weighted by Crippen LogP contribution is 2.15. The van der Waals surface area contributed by atoms with Crippen LogP contribution in [0.2, 0.25) is 0 Å². The summed E-state index contributed by atoms with van der Waals surface area (Å²) >= 11 is 0. The van der Waals surface area contributed by atoms with Crippen molar-refractivity contribution in [3.05, 3.63) is 59.7 Å². The number of rotatable bonds is 5. The molecule has 0 fully saturated rings. The van der Waals surface area contributed by atoms with Crippen molar-refractivity contribution in [3.63, 3.8) is 0 Å². The maximum atomic E-state index is 12.0. The van der Waals surface area contributed by atoms with Crippen LogP contribution in [0, 0.1) is 0 Å². The molecule has 0 aliphatic rings. The van der Waals surface area contributed by atoms with Crippen LogP contribution in [0.25, 0.3) is 0 Å². The second kappa shape index (κ2) is 7.50. The molecule has 22 heavy (non-hydrogen) atoms. The van der Waals surface area contributed by atoms with E-state index in [1.165, 1.54) is 0 Å². The molecule has 0 aliphatic carbocycles. The fourth-order valence-corrected chi connectivity index (χ4v) is 2.21. The molecule has 4 nitrogen and oxygen atoms in total. The second-order valence-corrected chi connectivity index (χ2v) is 5.38. The molecule has 0 radical (unpaired) electrons. The van der Waals surface area contributed by atoms with Gasteiger partial charge in [0.1, 0.15) is 0 Å². The summed E-state index contributed by atoms with van der Waals surface area (Å²) in [6.45, 7) is 2.58. The molecule has 0 aliphatic heterocycles. The lowest BCUT2D eigenvalue weighted by molar-refractivity contribution is 0.251. The van der Waals surface area contributed by atoms with Gasteiger partial charge in [0.25, 0.3) is 0 Å². The van der Waals surface area contributed by atoms with Crippen LogP contribution in [0.1, 0.15) is 18.1 Å². The minimum atomic E-state index is -0.183. The molecule has 0 aromatic heterocycles. The van der Waals surface area contributed by atoms with Gasteiger partial charge in [-0.15, -0.1) is 0 Å². The Hall–Kier alpha value is -2.49. The molecular weight excluding hydrogens is 274 g/mol. The normalized spacial score (nSPS) is 10.1. The number of hydrogen-bond donors (Lipinski definition) is 2. The molecule has 2 N–H and O–H groups in total. The first-order chi connectivity index (χ1) is 10.6. The number of carbonyl (C=O) groups is 1. The number of nitrogens with one attached hydrogen (secondary N) is 2. The van der Waals surface area contributed by atoms with Crippen molar-refractivity contribution in [2.24, 2.45) is 0 Å². The predicted molar refractivity (Wildman–Crippen MR) is 92.4 cm³/mol. The van der Waals surface area contributed by atoms with Crippen LogP contribution in [0.5, 0.6) is 0 Å². The van der Waals surface area contributed by atoms with Gasteiger partial charge in [-0.1, -0.05) is 37.3 Å². The smallest absolute Gasteiger partial charge is 0.319 e. The van der Waals surface area contributed by atoms with Crippen LogP contribution in [0.15, 0.2) is 48.5 Å². The fourth-order valence-electron chi connectivity index (χ4n) is 2.21. The SMILES string of the molecule is CCc1ccccc1NC(=O)NCc1ccc(N(C)C)cc1. The van der Waals surface area contributed by atoms with E-state index in [0.717, 1.165) is 28.9 Å². The van der Waals surface area contributed by atoms with Crippen molar-refractivity contribution in [1.29, 1.82) is 0 Å². The largest absolute Gasteiger partial charge is 0.378 e. The van der Waals surface area contributed by atoms with Crippen molar-refractivity contribution in [3.8, 4) is 0 Å². The van der Waals surface area contributed by atoms with E-state index in [2.05, 4.69) is 17.6 Å². The van der Waals surface area contributed by atoms with E-state index >= 15 is 0 Å². The minimum absolute atomic E-state index is 0.183. The summed E-state index contributed by atoms with van der Waals surface area (Å²) in [6, 6.07) is 15.8. The standard InChI is InChI=1S/C18H23N3O/c1-4-15-7-5-6-8-17(15)20-18(22)19-13-14-9-11-16(12-10-14)21(2)3/h5-12H,4,13H2,1-3H3,(H2,19,20,22). The summed E-state index contributed by atoms with van der Waals surface area (Å²) in [6.07, 6.45) is 0.891. The van der Waals surface area contributed by atoms with Crippen LogP contribution in [-0.2, 0) is 13.0 Å². The van der Waals surface area contributed by atoms with Gasteiger partial charge in [-0.2, -0.15) is 0 Å². The summed E-state index contributed by atoms with van der Waals surface area (Å²) in [7, 11) is 4.01. The lowest BCUT2D eigenvalue weighted by Gasteiger charge is -2.13. The van der Waals surface area contributed by atoms with Crippen molar-refractivity contribution in [2.75, 3.05) is 24.3 Å². The summed E-state index contributed by atoms with van der Waals surface area (Å²) in [4.78, 5) is 14.0. The van der Waals surface area contributed by atoms with E-state index < -0.39 is 0 Å². The number of hydrogen-bond acceptors (Lipinski definition) is 2. The molecule has 2 rings (SSSR count). The van der Waals surface area contributed by atoms with Crippen molar-refractivity contribution < 1.29 is 4.79 Å². The Labute approximate surface area is 132 Å². The van der Waals surface area contributed by atoms with Gasteiger partial charge in [-0.25, -0.2) is 4.79 Å². The maximum absolute atomic E-state index is 12.0. The first-order valence-corrected chi connectivity index (χ1v) is 7.49. The second-order valence-electron chi connectivity index (χ2n) is 5.38. The van der Waals surface area contributed by atoms with Crippen LogP contribution in [0.3, 0.4) is 0 Å². The van der Waals surface area contributed by atoms with E-state index in [9.17, 15) is 4.79 Å². The Morgan fingerprint density at radius 1 is 1.05 bits per heavy atom. The molecule has 4 heteroatoms. The molecule has 0 unspecified atom stereocenters. The lowest BCUT2D eigenvalue weighted by Crippen LogP contribution is -2.28. The molecule has 0 heterocycles. The van der Waals surface area contributed by atoms with E-state index in [0.29, 0.717) is 6.54 Å². The van der Waals surface area contributed by atoms with Gasteiger partial charge in [0.15, 0.2) is 0 Å². The van der Waals surface area contributed by atoms with Crippen molar-refractivity contribution in [2.45, 2.75) is 19.9 Å². The predicted octanol–water partition coefficient (Wildman–Crippen LogP) is 3.64. The Morgan fingerprint density at radius 2 is 1.73 bits per heavy atom. The molecular formula is C18H23N3O. The zero-order valence-corrected chi connectivity index (χ0v) is 13.4. The molecule has 0 saturated heterocycles. The third-order valence-electron chi connectivity index (χ3n) is 3.55. The molecule has 0 atom stereocenters. The fraction of sp³-hybridized carbons (Fsp3) is 0.278. The van der Waals surface area contributed by atoms with Gasteiger partial charge in [0.05, 0.1) is 0 Å². The Kier molecular flexibility index (Phi) is 5.42. The average molecular weight is 297 g/mol. The molecule has 0 spiro atoms. The zero-order chi connectivity index (χ0) is 15.9. The highest BCUT2D eigenvalue weighted by atomic mass is 16.2. The average Bonchev–Trinajstić information content (AvgIpc) is 2.54. The maximum Gasteiger partial charge on any atom is 0.319 e. The van der Waals surface area contributed by atoms with Crippen molar-refractivity contribution >= 4 is 17.4 Å². The third kappa shape index (κ3) is 4.25. The Morgan fingerprint density at radius 3 is 2.36 bits per heavy atom. The van der Waals surface area contributed by atoms with Crippen LogP contribution in [0.4, 0.5) is 16.2 Å². The van der Waals surface area contributed by atoms with Gasteiger partial charge in [-0.3, -0.25) is 0 Å². The first kappa shape index (κ1) is 15.9. The number of para-hydroxylation sites is 1. The van der Waals surface area contributed by atoms with Gasteiger partial charge >= 0.3 is 6.03 Å². The topological polar surface area (TPSA) is 44.4 Å². The number of urea groups is 1. The molecule has 0 bridgehead atoms. The van der Waals surface area contributed by atoms with E-state index in [1.54, 1.807) is 0 Å². The first-order valence-electron chi connectivity index (χ1n) is 7.49. The van der Waals surface area contributed by atoms with Gasteiger partial charge in [0.2, 0.25) is 0 Å². The quantitative estimate of drug-likeness (QED) is 0.885. The lowest BCUT2D eigenvalue weighted by atomic mass is 10.1. The van der Waals surface area contributed by atoms with Gasteiger partial charge in [-0.05, 0) is 35.7 Å². The molecule has 0 saturated carbocycles. The third-order valence-corrected chi connectivity index (χ3v) is 3.55. The summed E-state index contributed by atoms with van der Waals surface area (Å²) in [5.41, 5.74) is 4.22. The highest BCUT2D eigenvalue weighted by Gasteiger charge is 2.05. The van der Waals surface area contributed by atoms with E-state index in [4.69, 9.17) is 0 Å². The monoisotopic (exact) mass is 297 g/mol. The van der Waals surface area contributed by atoms with Crippen molar-refractivity contribution in [1.82, 2.24) is 5.32 Å². The number of benzene rings is 2. The van der Waals surface area contributed by atoms with Gasteiger partial charge < -0.3 is 15.5 Å². The molecule has 2 aromatic carbocycles. The van der Waals surface area contributed by atoms with Crippen LogP contribution < -0.4 is 15.5 Å². The summed E-state index contributed by atoms with van der Waals surface area (Å²) in [5.74, 6) is 0. The number of aryl methyl sites for hydroxylation is 1. The Bertz CT molecular complexity index is 620. The molecule has 2 aromatic rings. The molecule has 2 amide bonds. The number of nitrogens with zero attached hydrogens (tertiary/aromatic N) is 1. The van der Waals surface area contributed by atoms with E-state index in [1.807, 2.05) is 67.5 Å². The van der Waals surface area contributed by atoms with Crippen LogP contribution >= 0.6 is 0 Å². The summed E-state index contributed by atoms with van der Waals surface area (Å²) in [5, 5.41) is 5.79. The molecule has 116 valence electrons. The summed E-state index contributed by atoms with van der Waals surface area (Å²) < 4.78 is 0. The number of anilines is 2. The Balaban J connectivity index is 1.90.